The summed E-state index contributed by atoms with van der Waals surface area (Å²) in [6.45, 7) is 0.473. The molecule has 3 aromatic heterocycles. The van der Waals surface area contributed by atoms with Crippen molar-refractivity contribution in [3.63, 3.8) is 0 Å². The van der Waals surface area contributed by atoms with Gasteiger partial charge in [0.25, 0.3) is 0 Å². The molecule has 0 aliphatic rings. The van der Waals surface area contributed by atoms with Crippen LogP contribution in [0.15, 0.2) is 82.8 Å². The van der Waals surface area contributed by atoms with E-state index in [-0.39, 0.29) is 11.7 Å². The van der Waals surface area contributed by atoms with Gasteiger partial charge in [-0.3, -0.25) is 14.3 Å². The molecule has 0 atom stereocenters. The van der Waals surface area contributed by atoms with Gasteiger partial charge in [0.2, 0.25) is 5.91 Å². The van der Waals surface area contributed by atoms with Crippen molar-refractivity contribution in [1.82, 2.24) is 19.7 Å². The molecule has 1 aromatic carbocycles. The molecule has 1 amide bonds. The Morgan fingerprint density at radius 1 is 1.04 bits per heavy atom. The van der Waals surface area contributed by atoms with Gasteiger partial charge in [0.05, 0.1) is 18.6 Å². The van der Waals surface area contributed by atoms with Gasteiger partial charge in [-0.05, 0) is 36.4 Å². The zero-order chi connectivity index (χ0) is 19.2. The second-order valence-electron chi connectivity index (χ2n) is 5.91. The summed E-state index contributed by atoms with van der Waals surface area (Å²) in [5.41, 5.74) is 1.66. The van der Waals surface area contributed by atoms with Crippen molar-refractivity contribution in [3.05, 3.63) is 79.0 Å². The molecule has 0 fully saturated rings. The number of furan rings is 1. The third-order valence-electron chi connectivity index (χ3n) is 3.94. The molecule has 140 valence electrons. The summed E-state index contributed by atoms with van der Waals surface area (Å²) in [4.78, 5) is 16.3. The van der Waals surface area contributed by atoms with Crippen molar-refractivity contribution >= 4 is 23.4 Å². The van der Waals surface area contributed by atoms with Gasteiger partial charge in [-0.15, -0.1) is 10.2 Å². The first-order chi connectivity index (χ1) is 13.8. The first-order valence-corrected chi connectivity index (χ1v) is 9.62. The van der Waals surface area contributed by atoms with E-state index in [9.17, 15) is 4.79 Å². The molecule has 0 aliphatic heterocycles. The number of nitrogens with one attached hydrogen (secondary N) is 1. The number of rotatable bonds is 7. The molecule has 0 spiro atoms. The van der Waals surface area contributed by atoms with Crippen LogP contribution in [0.3, 0.4) is 0 Å². The number of amides is 1. The zero-order valence-electron chi connectivity index (χ0n) is 14.9. The SMILES string of the molecule is O=C(CSc1nnc(-c2ccncc2)n1Cc1ccco1)Nc1ccccc1. The number of carbonyl (C=O) groups is 1. The van der Waals surface area contributed by atoms with Gasteiger partial charge in [-0.25, -0.2) is 0 Å². The molecule has 0 aliphatic carbocycles. The fraction of sp³-hybridized carbons (Fsp3) is 0.100. The second kappa shape index (κ2) is 8.53. The van der Waals surface area contributed by atoms with Gasteiger partial charge < -0.3 is 9.73 Å². The minimum atomic E-state index is -0.103. The fourth-order valence-electron chi connectivity index (χ4n) is 2.66. The predicted molar refractivity (Wildman–Crippen MR) is 107 cm³/mol. The summed E-state index contributed by atoms with van der Waals surface area (Å²) in [6, 6.07) is 16.8. The van der Waals surface area contributed by atoms with Crippen LogP contribution in [0.25, 0.3) is 11.4 Å². The van der Waals surface area contributed by atoms with Crippen LogP contribution in [0.5, 0.6) is 0 Å². The summed E-state index contributed by atoms with van der Waals surface area (Å²) in [6.07, 6.45) is 5.05. The lowest BCUT2D eigenvalue weighted by molar-refractivity contribution is -0.113. The normalized spacial score (nSPS) is 10.7. The minimum absolute atomic E-state index is 0.103. The fourth-order valence-corrected chi connectivity index (χ4v) is 3.40. The number of nitrogens with zero attached hydrogens (tertiary/aromatic N) is 4. The van der Waals surface area contributed by atoms with E-state index >= 15 is 0 Å². The molecule has 0 bridgehead atoms. The number of benzene rings is 1. The second-order valence-corrected chi connectivity index (χ2v) is 6.85. The van der Waals surface area contributed by atoms with Crippen LogP contribution in [-0.4, -0.2) is 31.4 Å². The number of para-hydroxylation sites is 1. The molecular weight excluding hydrogens is 374 g/mol. The van der Waals surface area contributed by atoms with Gasteiger partial charge in [0.15, 0.2) is 11.0 Å². The van der Waals surface area contributed by atoms with E-state index in [1.165, 1.54) is 11.8 Å². The topological polar surface area (TPSA) is 85.8 Å². The van der Waals surface area contributed by atoms with Crippen molar-refractivity contribution in [3.8, 4) is 11.4 Å². The number of carbonyl (C=O) groups excluding carboxylic acids is 1. The van der Waals surface area contributed by atoms with E-state index in [2.05, 4.69) is 20.5 Å². The Morgan fingerprint density at radius 2 is 1.86 bits per heavy atom. The van der Waals surface area contributed by atoms with E-state index in [0.29, 0.717) is 17.5 Å². The third kappa shape index (κ3) is 4.29. The monoisotopic (exact) mass is 391 g/mol. The van der Waals surface area contributed by atoms with E-state index in [1.54, 1.807) is 18.7 Å². The van der Waals surface area contributed by atoms with Crippen molar-refractivity contribution < 1.29 is 9.21 Å². The first kappa shape index (κ1) is 18.0. The highest BCUT2D eigenvalue weighted by Crippen LogP contribution is 2.25. The number of hydrogen-bond acceptors (Lipinski definition) is 6. The van der Waals surface area contributed by atoms with Crippen LogP contribution in [0.1, 0.15) is 5.76 Å². The lowest BCUT2D eigenvalue weighted by atomic mass is 10.2. The molecule has 0 saturated heterocycles. The molecule has 0 saturated carbocycles. The molecule has 1 N–H and O–H groups in total. The maximum atomic E-state index is 12.3. The smallest absolute Gasteiger partial charge is 0.234 e. The van der Waals surface area contributed by atoms with Gasteiger partial charge in [0.1, 0.15) is 5.76 Å². The average Bonchev–Trinajstić information content (AvgIpc) is 3.38. The molecule has 0 unspecified atom stereocenters. The average molecular weight is 391 g/mol. The molecular formula is C20H17N5O2S. The number of aromatic nitrogens is 4. The zero-order valence-corrected chi connectivity index (χ0v) is 15.7. The van der Waals surface area contributed by atoms with E-state index in [4.69, 9.17) is 4.42 Å². The van der Waals surface area contributed by atoms with Gasteiger partial charge in [-0.1, -0.05) is 30.0 Å². The van der Waals surface area contributed by atoms with Crippen molar-refractivity contribution in [1.29, 1.82) is 0 Å². The number of pyridine rings is 1. The van der Waals surface area contributed by atoms with Crippen molar-refractivity contribution in [2.45, 2.75) is 11.7 Å². The summed E-state index contributed by atoms with van der Waals surface area (Å²) in [5.74, 6) is 1.60. The minimum Gasteiger partial charge on any atom is -0.467 e. The van der Waals surface area contributed by atoms with Crippen molar-refractivity contribution in [2.24, 2.45) is 0 Å². The Kier molecular flexibility index (Phi) is 5.48. The van der Waals surface area contributed by atoms with Crippen LogP contribution in [0, 0.1) is 0 Å². The van der Waals surface area contributed by atoms with Crippen LogP contribution in [0.4, 0.5) is 5.69 Å². The molecule has 8 heteroatoms. The van der Waals surface area contributed by atoms with E-state index in [0.717, 1.165) is 17.0 Å². The van der Waals surface area contributed by atoms with Crippen LogP contribution < -0.4 is 5.32 Å². The lowest BCUT2D eigenvalue weighted by Gasteiger charge is -2.09. The maximum Gasteiger partial charge on any atom is 0.234 e. The van der Waals surface area contributed by atoms with Gasteiger partial charge in [0, 0.05) is 23.6 Å². The standard InChI is InChI=1S/C20H17N5O2S/c26-18(22-16-5-2-1-3-6-16)14-28-20-24-23-19(15-8-10-21-11-9-15)25(20)13-17-7-4-12-27-17/h1-12H,13-14H2,(H,22,26). The van der Waals surface area contributed by atoms with Crippen LogP contribution >= 0.6 is 11.8 Å². The maximum absolute atomic E-state index is 12.3. The Balaban J connectivity index is 1.53. The number of hydrogen-bond donors (Lipinski definition) is 1. The Bertz CT molecular complexity index is 1030. The Hall–Kier alpha value is -3.39. The first-order valence-electron chi connectivity index (χ1n) is 8.63. The molecule has 3 heterocycles. The van der Waals surface area contributed by atoms with E-state index in [1.807, 2.05) is 59.2 Å². The Morgan fingerprint density at radius 3 is 2.61 bits per heavy atom. The number of thioether (sulfide) groups is 1. The van der Waals surface area contributed by atoms with E-state index < -0.39 is 0 Å². The summed E-state index contributed by atoms with van der Waals surface area (Å²) < 4.78 is 7.42. The summed E-state index contributed by atoms with van der Waals surface area (Å²) in [7, 11) is 0. The van der Waals surface area contributed by atoms with Gasteiger partial charge >= 0.3 is 0 Å². The highest BCUT2D eigenvalue weighted by molar-refractivity contribution is 7.99. The lowest BCUT2D eigenvalue weighted by Crippen LogP contribution is -2.14. The summed E-state index contributed by atoms with van der Waals surface area (Å²) >= 11 is 1.33. The van der Waals surface area contributed by atoms with Crippen LogP contribution in [0.2, 0.25) is 0 Å². The molecule has 0 radical (unpaired) electrons. The summed E-state index contributed by atoms with van der Waals surface area (Å²) in [5, 5.41) is 12.1. The molecule has 7 nitrogen and oxygen atoms in total. The number of anilines is 1. The molecule has 4 aromatic rings. The molecule has 4 rings (SSSR count). The quantitative estimate of drug-likeness (QED) is 0.483. The van der Waals surface area contributed by atoms with Crippen molar-refractivity contribution in [2.75, 3.05) is 11.1 Å². The molecule has 28 heavy (non-hydrogen) atoms. The largest absolute Gasteiger partial charge is 0.467 e. The van der Waals surface area contributed by atoms with Gasteiger partial charge in [-0.2, -0.15) is 0 Å². The Labute approximate surface area is 165 Å². The van der Waals surface area contributed by atoms with Crippen LogP contribution in [-0.2, 0) is 11.3 Å². The predicted octanol–water partition coefficient (Wildman–Crippen LogP) is 3.71. The highest BCUT2D eigenvalue weighted by atomic mass is 32.2. The third-order valence-corrected chi connectivity index (χ3v) is 4.91. The highest BCUT2D eigenvalue weighted by Gasteiger charge is 2.17.